The maximum Gasteiger partial charge on any atom is 0.231 e. The molecule has 2 aliphatic heterocycles. The molecule has 3 aromatic rings. The van der Waals surface area contributed by atoms with Gasteiger partial charge in [-0.2, -0.15) is 4.98 Å². The van der Waals surface area contributed by atoms with Crippen LogP contribution in [0.15, 0.2) is 59.1 Å². The van der Waals surface area contributed by atoms with Crippen LogP contribution in [0.2, 0.25) is 0 Å². The third kappa shape index (κ3) is 3.14. The molecule has 0 radical (unpaired) electrons. The maximum absolute atomic E-state index is 13.5. The van der Waals surface area contributed by atoms with Gasteiger partial charge in [0.05, 0.1) is 5.92 Å². The fraction of sp³-hybridized carbons (Fsp3) is 0.391. The number of piperidine rings is 1. The van der Waals surface area contributed by atoms with Gasteiger partial charge in [-0.1, -0.05) is 47.6 Å². The topological polar surface area (TPSA) is 42.2 Å². The first kappa shape index (κ1) is 17.6. The number of aromatic nitrogens is 2. The van der Waals surface area contributed by atoms with Crippen LogP contribution in [-0.2, 0) is 6.42 Å². The van der Waals surface area contributed by atoms with E-state index in [9.17, 15) is 4.39 Å². The Labute approximate surface area is 164 Å². The monoisotopic (exact) mass is 377 g/mol. The summed E-state index contributed by atoms with van der Waals surface area (Å²) in [5.74, 6) is 1.67. The van der Waals surface area contributed by atoms with Crippen molar-refractivity contribution in [2.75, 3.05) is 7.05 Å². The highest BCUT2D eigenvalue weighted by molar-refractivity contribution is 5.28. The minimum absolute atomic E-state index is 0.145. The lowest BCUT2D eigenvalue weighted by Crippen LogP contribution is -2.44. The molecular weight excluding hydrogens is 353 g/mol. The van der Waals surface area contributed by atoms with Crippen LogP contribution in [-0.4, -0.2) is 34.2 Å². The van der Waals surface area contributed by atoms with Gasteiger partial charge in [0.25, 0.3) is 0 Å². The molecule has 28 heavy (non-hydrogen) atoms. The van der Waals surface area contributed by atoms with E-state index in [1.807, 2.05) is 30.3 Å². The van der Waals surface area contributed by atoms with Gasteiger partial charge >= 0.3 is 0 Å². The molecule has 2 fully saturated rings. The number of rotatable bonds is 4. The first-order chi connectivity index (χ1) is 13.7. The van der Waals surface area contributed by atoms with Gasteiger partial charge in [0.2, 0.25) is 5.89 Å². The lowest BCUT2D eigenvalue weighted by Gasteiger charge is -2.41. The van der Waals surface area contributed by atoms with Crippen molar-refractivity contribution in [3.8, 4) is 0 Å². The van der Waals surface area contributed by atoms with Crippen molar-refractivity contribution in [2.24, 2.45) is 0 Å². The third-order valence-corrected chi connectivity index (χ3v) is 6.54. The standard InChI is InChI=1S/C23H24FN3O/c1-27-18-11-12-20(27)22(19(14-18)16-7-9-17(24)10-8-16)23-25-21(26-28-23)13-15-5-3-2-4-6-15/h2-10,18-20,22H,11-14H2,1H3/t18-,19+,20+,22-/m1/s1. The molecule has 5 heteroatoms. The van der Waals surface area contributed by atoms with E-state index in [-0.39, 0.29) is 17.7 Å². The van der Waals surface area contributed by atoms with E-state index < -0.39 is 0 Å². The lowest BCUT2D eigenvalue weighted by atomic mass is 9.76. The predicted octanol–water partition coefficient (Wildman–Crippen LogP) is 4.53. The maximum atomic E-state index is 13.5. The highest BCUT2D eigenvalue weighted by Crippen LogP contribution is 2.50. The number of benzene rings is 2. The van der Waals surface area contributed by atoms with Crippen LogP contribution in [0, 0.1) is 5.82 Å². The number of halogens is 1. The highest BCUT2D eigenvalue weighted by Gasteiger charge is 2.48. The number of fused-ring (bicyclic) bond motifs is 2. The Kier molecular flexibility index (Phi) is 4.47. The summed E-state index contributed by atoms with van der Waals surface area (Å²) >= 11 is 0. The Morgan fingerprint density at radius 1 is 1.07 bits per heavy atom. The van der Waals surface area contributed by atoms with Crippen molar-refractivity contribution in [1.82, 2.24) is 15.0 Å². The first-order valence-electron chi connectivity index (χ1n) is 10.0. The largest absolute Gasteiger partial charge is 0.339 e. The number of nitrogens with zero attached hydrogens (tertiary/aromatic N) is 3. The van der Waals surface area contributed by atoms with E-state index in [0.717, 1.165) is 24.6 Å². The molecule has 0 unspecified atom stereocenters. The average Bonchev–Trinajstić information content (AvgIpc) is 3.25. The summed E-state index contributed by atoms with van der Waals surface area (Å²) in [7, 11) is 2.21. The Hall–Kier alpha value is -2.53. The van der Waals surface area contributed by atoms with E-state index in [1.165, 1.54) is 17.5 Å². The van der Waals surface area contributed by atoms with E-state index in [2.05, 4.69) is 29.2 Å². The molecule has 0 spiro atoms. The predicted molar refractivity (Wildman–Crippen MR) is 105 cm³/mol. The highest BCUT2D eigenvalue weighted by atomic mass is 19.1. The van der Waals surface area contributed by atoms with Crippen LogP contribution in [0.3, 0.4) is 0 Å². The summed E-state index contributed by atoms with van der Waals surface area (Å²) in [4.78, 5) is 7.27. The van der Waals surface area contributed by atoms with Crippen molar-refractivity contribution >= 4 is 0 Å². The summed E-state index contributed by atoms with van der Waals surface area (Å²) in [5.41, 5.74) is 2.34. The molecule has 0 aliphatic carbocycles. The minimum atomic E-state index is -0.195. The Bertz CT molecular complexity index is 940. The van der Waals surface area contributed by atoms with Gasteiger partial charge in [0.1, 0.15) is 5.82 Å². The molecule has 2 bridgehead atoms. The molecule has 2 saturated heterocycles. The molecule has 2 aromatic carbocycles. The second kappa shape index (κ2) is 7.13. The number of likely N-dealkylation sites (N-methyl/N-ethyl adjacent to an activating group) is 1. The van der Waals surface area contributed by atoms with Gasteiger partial charge in [-0.25, -0.2) is 4.39 Å². The molecule has 0 saturated carbocycles. The van der Waals surface area contributed by atoms with Gasteiger partial charge in [-0.3, -0.25) is 4.90 Å². The van der Waals surface area contributed by atoms with E-state index in [1.54, 1.807) is 12.1 Å². The number of hydrogen-bond acceptors (Lipinski definition) is 4. The summed E-state index contributed by atoms with van der Waals surface area (Å²) in [6.45, 7) is 0. The summed E-state index contributed by atoms with van der Waals surface area (Å²) < 4.78 is 19.3. The molecule has 3 heterocycles. The zero-order valence-corrected chi connectivity index (χ0v) is 16.0. The van der Waals surface area contributed by atoms with Gasteiger partial charge in [0.15, 0.2) is 5.82 Å². The lowest BCUT2D eigenvalue weighted by molar-refractivity contribution is 0.120. The van der Waals surface area contributed by atoms with Crippen molar-refractivity contribution in [2.45, 2.75) is 49.6 Å². The smallest absolute Gasteiger partial charge is 0.231 e. The molecular formula is C23H24FN3O. The quantitative estimate of drug-likeness (QED) is 0.670. The summed E-state index contributed by atoms with van der Waals surface area (Å²) in [6.07, 6.45) is 4.04. The fourth-order valence-corrected chi connectivity index (χ4v) is 5.11. The minimum Gasteiger partial charge on any atom is -0.339 e. The van der Waals surface area contributed by atoms with Crippen molar-refractivity contribution < 1.29 is 8.91 Å². The van der Waals surface area contributed by atoms with Crippen molar-refractivity contribution in [3.05, 3.63) is 83.3 Å². The van der Waals surface area contributed by atoms with Crippen LogP contribution in [0.4, 0.5) is 4.39 Å². The average molecular weight is 377 g/mol. The normalized spacial score (nSPS) is 27.2. The third-order valence-electron chi connectivity index (χ3n) is 6.54. The van der Waals surface area contributed by atoms with E-state index in [4.69, 9.17) is 9.51 Å². The Morgan fingerprint density at radius 2 is 1.86 bits per heavy atom. The molecule has 144 valence electrons. The number of hydrogen-bond donors (Lipinski definition) is 0. The molecule has 4 nitrogen and oxygen atoms in total. The van der Waals surface area contributed by atoms with Crippen LogP contribution in [0.25, 0.3) is 0 Å². The molecule has 1 aromatic heterocycles. The van der Waals surface area contributed by atoms with Crippen molar-refractivity contribution in [3.63, 3.8) is 0 Å². The Morgan fingerprint density at radius 3 is 2.64 bits per heavy atom. The van der Waals surface area contributed by atoms with Gasteiger partial charge in [0, 0.05) is 18.5 Å². The van der Waals surface area contributed by atoms with E-state index >= 15 is 0 Å². The zero-order chi connectivity index (χ0) is 19.1. The molecule has 5 rings (SSSR count). The van der Waals surface area contributed by atoms with Crippen molar-refractivity contribution in [1.29, 1.82) is 0 Å². The molecule has 0 N–H and O–H groups in total. The van der Waals surface area contributed by atoms with Crippen LogP contribution in [0.1, 0.15) is 53.9 Å². The zero-order valence-electron chi connectivity index (χ0n) is 16.0. The second-order valence-corrected chi connectivity index (χ2v) is 8.09. The summed E-state index contributed by atoms with van der Waals surface area (Å²) in [6, 6.07) is 18.1. The second-order valence-electron chi connectivity index (χ2n) is 8.09. The molecule has 4 atom stereocenters. The van der Waals surface area contributed by atoms with Gasteiger partial charge in [-0.15, -0.1) is 0 Å². The summed E-state index contributed by atoms with van der Waals surface area (Å²) in [5, 5.41) is 4.27. The molecule has 2 aliphatic rings. The van der Waals surface area contributed by atoms with Crippen LogP contribution >= 0.6 is 0 Å². The Balaban J connectivity index is 1.47. The fourth-order valence-electron chi connectivity index (χ4n) is 5.11. The van der Waals surface area contributed by atoms with Gasteiger partial charge < -0.3 is 4.52 Å². The van der Waals surface area contributed by atoms with Gasteiger partial charge in [-0.05, 0) is 55.5 Å². The van der Waals surface area contributed by atoms with E-state index in [0.29, 0.717) is 18.5 Å². The first-order valence-corrected chi connectivity index (χ1v) is 10.0. The van der Waals surface area contributed by atoms with Crippen LogP contribution in [0.5, 0.6) is 0 Å². The SMILES string of the molecule is CN1[C@@H]2CC[C@H]1[C@H](c1nc(Cc3ccccc3)no1)[C@H](c1ccc(F)cc1)C2. The van der Waals surface area contributed by atoms with Crippen LogP contribution < -0.4 is 0 Å². The molecule has 0 amide bonds.